The Morgan fingerprint density at radius 2 is 2.60 bits per heavy atom. The molecule has 0 aliphatic carbocycles. The molecular weight excluding hydrogens is 190 g/mol. The smallest absolute Gasteiger partial charge is 0.0555 e. The fourth-order valence-electron chi connectivity index (χ4n) is 2.18. The number of hydrogen-bond donors (Lipinski definition) is 1. The molecule has 2 N–H and O–H groups in total. The van der Waals surface area contributed by atoms with Crippen LogP contribution in [0.4, 0.5) is 0 Å². The van der Waals surface area contributed by atoms with Crippen molar-refractivity contribution in [3.05, 3.63) is 18.0 Å². The maximum atomic E-state index is 6.25. The topological polar surface area (TPSA) is 53.1 Å². The normalized spacial score (nSPS) is 24.0. The lowest BCUT2D eigenvalue weighted by atomic mass is 9.92. The molecule has 1 saturated heterocycles. The van der Waals surface area contributed by atoms with Crippen LogP contribution in [0.15, 0.2) is 12.3 Å². The van der Waals surface area contributed by atoms with Gasteiger partial charge in [0.2, 0.25) is 0 Å². The fraction of sp³-hybridized carbons (Fsp3) is 0.727. The maximum absolute atomic E-state index is 6.25. The van der Waals surface area contributed by atoms with Crippen LogP contribution in [0.2, 0.25) is 0 Å². The van der Waals surface area contributed by atoms with Gasteiger partial charge in [-0.3, -0.25) is 4.68 Å². The summed E-state index contributed by atoms with van der Waals surface area (Å²) in [6.45, 7) is 4.64. The van der Waals surface area contributed by atoms with Gasteiger partial charge in [-0.2, -0.15) is 5.10 Å². The van der Waals surface area contributed by atoms with E-state index in [0.717, 1.165) is 38.3 Å². The molecule has 0 radical (unpaired) electrons. The second-order valence-electron chi connectivity index (χ2n) is 4.07. The van der Waals surface area contributed by atoms with E-state index in [9.17, 15) is 0 Å². The summed E-state index contributed by atoms with van der Waals surface area (Å²) in [4.78, 5) is 0. The second-order valence-corrected chi connectivity index (χ2v) is 4.07. The first-order valence-electron chi connectivity index (χ1n) is 5.68. The highest BCUT2D eigenvalue weighted by molar-refractivity contribution is 5.08. The number of aryl methyl sites for hydroxylation is 1. The van der Waals surface area contributed by atoms with Crippen molar-refractivity contribution in [3.8, 4) is 0 Å². The number of rotatable bonds is 3. The quantitative estimate of drug-likeness (QED) is 0.817. The van der Waals surface area contributed by atoms with Gasteiger partial charge in [-0.1, -0.05) is 0 Å². The van der Waals surface area contributed by atoms with Crippen molar-refractivity contribution in [1.29, 1.82) is 0 Å². The van der Waals surface area contributed by atoms with Crippen LogP contribution in [-0.4, -0.2) is 23.0 Å². The van der Waals surface area contributed by atoms with Crippen molar-refractivity contribution >= 4 is 0 Å². The van der Waals surface area contributed by atoms with E-state index in [2.05, 4.69) is 12.0 Å². The van der Waals surface area contributed by atoms with Crippen LogP contribution < -0.4 is 5.73 Å². The fourth-order valence-corrected chi connectivity index (χ4v) is 2.18. The molecule has 2 heterocycles. The van der Waals surface area contributed by atoms with Crippen LogP contribution in [0.1, 0.15) is 31.5 Å². The number of ether oxygens (including phenoxy) is 1. The molecule has 2 rings (SSSR count). The maximum Gasteiger partial charge on any atom is 0.0555 e. The molecule has 1 aliphatic heterocycles. The van der Waals surface area contributed by atoms with E-state index in [1.54, 1.807) is 0 Å². The van der Waals surface area contributed by atoms with Gasteiger partial charge in [-0.05, 0) is 25.8 Å². The Morgan fingerprint density at radius 1 is 1.73 bits per heavy atom. The van der Waals surface area contributed by atoms with Gasteiger partial charge in [-0.25, -0.2) is 0 Å². The van der Waals surface area contributed by atoms with Crippen molar-refractivity contribution in [2.45, 2.75) is 32.4 Å². The summed E-state index contributed by atoms with van der Waals surface area (Å²) in [7, 11) is 0. The van der Waals surface area contributed by atoms with E-state index in [4.69, 9.17) is 10.5 Å². The average molecular weight is 209 g/mol. The van der Waals surface area contributed by atoms with Gasteiger partial charge in [0.15, 0.2) is 0 Å². The Hall–Kier alpha value is -0.870. The highest BCUT2D eigenvalue weighted by Gasteiger charge is 2.24. The number of hydrogen-bond acceptors (Lipinski definition) is 3. The van der Waals surface area contributed by atoms with E-state index in [0.29, 0.717) is 5.92 Å². The SMILES string of the molecule is CCn1nccc1C(N)C1CCCOC1. The first-order chi connectivity index (χ1) is 7.33. The molecule has 1 fully saturated rings. The molecule has 84 valence electrons. The largest absolute Gasteiger partial charge is 0.381 e. The number of aromatic nitrogens is 2. The van der Waals surface area contributed by atoms with E-state index >= 15 is 0 Å². The third kappa shape index (κ3) is 2.21. The summed E-state index contributed by atoms with van der Waals surface area (Å²) in [5.41, 5.74) is 7.38. The Morgan fingerprint density at radius 3 is 3.27 bits per heavy atom. The lowest BCUT2D eigenvalue weighted by molar-refractivity contribution is 0.0436. The Labute approximate surface area is 90.4 Å². The Balaban J connectivity index is 2.08. The van der Waals surface area contributed by atoms with Crippen molar-refractivity contribution in [2.24, 2.45) is 11.7 Å². The van der Waals surface area contributed by atoms with Crippen molar-refractivity contribution in [3.63, 3.8) is 0 Å². The van der Waals surface area contributed by atoms with Gasteiger partial charge < -0.3 is 10.5 Å². The Bertz CT molecular complexity index is 305. The van der Waals surface area contributed by atoms with E-state index < -0.39 is 0 Å². The third-order valence-electron chi connectivity index (χ3n) is 3.09. The van der Waals surface area contributed by atoms with Crippen molar-refractivity contribution in [2.75, 3.05) is 13.2 Å². The molecule has 15 heavy (non-hydrogen) atoms. The molecule has 4 heteroatoms. The number of nitrogens with zero attached hydrogens (tertiary/aromatic N) is 2. The van der Waals surface area contributed by atoms with E-state index in [1.807, 2.05) is 16.9 Å². The van der Waals surface area contributed by atoms with Gasteiger partial charge in [0.05, 0.1) is 18.3 Å². The zero-order valence-corrected chi connectivity index (χ0v) is 9.22. The predicted octanol–water partition coefficient (Wildman–Crippen LogP) is 1.33. The predicted molar refractivity (Wildman–Crippen MR) is 58.4 cm³/mol. The minimum absolute atomic E-state index is 0.0627. The molecule has 0 aromatic carbocycles. The monoisotopic (exact) mass is 209 g/mol. The zero-order chi connectivity index (χ0) is 10.7. The summed E-state index contributed by atoms with van der Waals surface area (Å²) in [6, 6.07) is 2.08. The molecule has 1 aromatic heterocycles. The molecular formula is C11H19N3O. The highest BCUT2D eigenvalue weighted by Crippen LogP contribution is 2.26. The Kier molecular flexibility index (Phi) is 3.38. The summed E-state index contributed by atoms with van der Waals surface area (Å²) in [6.07, 6.45) is 4.11. The van der Waals surface area contributed by atoms with Crippen LogP contribution in [0.25, 0.3) is 0 Å². The van der Waals surface area contributed by atoms with Gasteiger partial charge in [0.1, 0.15) is 0 Å². The molecule has 0 amide bonds. The molecule has 1 aliphatic rings. The molecule has 0 spiro atoms. The highest BCUT2D eigenvalue weighted by atomic mass is 16.5. The molecule has 2 atom stereocenters. The summed E-state index contributed by atoms with van der Waals surface area (Å²) in [5, 5.41) is 4.25. The van der Waals surface area contributed by atoms with Gasteiger partial charge in [0.25, 0.3) is 0 Å². The first kappa shape index (κ1) is 10.6. The van der Waals surface area contributed by atoms with Crippen LogP contribution in [0.5, 0.6) is 0 Å². The standard InChI is InChI=1S/C11H19N3O/c1-2-14-10(5-6-13-14)11(12)9-4-3-7-15-8-9/h5-6,9,11H,2-4,7-8,12H2,1H3. The van der Waals surface area contributed by atoms with E-state index in [1.165, 1.54) is 0 Å². The van der Waals surface area contributed by atoms with Crippen LogP contribution in [0, 0.1) is 5.92 Å². The number of nitrogens with two attached hydrogens (primary N) is 1. The van der Waals surface area contributed by atoms with Crippen LogP contribution in [-0.2, 0) is 11.3 Å². The molecule has 4 nitrogen and oxygen atoms in total. The van der Waals surface area contributed by atoms with Gasteiger partial charge in [0, 0.05) is 25.3 Å². The van der Waals surface area contributed by atoms with E-state index in [-0.39, 0.29) is 6.04 Å². The first-order valence-corrected chi connectivity index (χ1v) is 5.68. The summed E-state index contributed by atoms with van der Waals surface area (Å²) < 4.78 is 7.44. The molecule has 0 saturated carbocycles. The molecule has 0 bridgehead atoms. The lowest BCUT2D eigenvalue weighted by Crippen LogP contribution is -2.30. The van der Waals surface area contributed by atoms with Gasteiger partial charge in [-0.15, -0.1) is 0 Å². The summed E-state index contributed by atoms with van der Waals surface area (Å²) in [5.74, 6) is 0.445. The molecule has 1 aromatic rings. The minimum Gasteiger partial charge on any atom is -0.381 e. The average Bonchev–Trinajstić information content (AvgIpc) is 2.77. The van der Waals surface area contributed by atoms with Gasteiger partial charge >= 0.3 is 0 Å². The lowest BCUT2D eigenvalue weighted by Gasteiger charge is -2.27. The van der Waals surface area contributed by atoms with Crippen molar-refractivity contribution in [1.82, 2.24) is 9.78 Å². The zero-order valence-electron chi connectivity index (χ0n) is 9.22. The summed E-state index contributed by atoms with van der Waals surface area (Å²) >= 11 is 0. The third-order valence-corrected chi connectivity index (χ3v) is 3.09. The molecule has 2 unspecified atom stereocenters. The minimum atomic E-state index is 0.0627. The van der Waals surface area contributed by atoms with Crippen molar-refractivity contribution < 1.29 is 4.74 Å². The second kappa shape index (κ2) is 4.77. The van der Waals surface area contributed by atoms with Crippen LogP contribution in [0.3, 0.4) is 0 Å². The van der Waals surface area contributed by atoms with Crippen LogP contribution >= 0.6 is 0 Å².